The maximum absolute atomic E-state index is 3.97. The molecule has 0 aliphatic heterocycles. The number of hydrogen-bond acceptors (Lipinski definition) is 0. The van der Waals surface area contributed by atoms with E-state index in [-0.39, 0.29) is 0 Å². The van der Waals surface area contributed by atoms with E-state index in [9.17, 15) is 0 Å². The van der Waals surface area contributed by atoms with Crippen LogP contribution in [0.25, 0.3) is 0 Å². The van der Waals surface area contributed by atoms with Gasteiger partial charge in [0.15, 0.2) is 0 Å². The van der Waals surface area contributed by atoms with Gasteiger partial charge in [-0.25, -0.2) is 0 Å². The molecule has 0 spiro atoms. The Morgan fingerprint density at radius 1 is 1.08 bits per heavy atom. The Bertz CT molecular complexity index is 194. The van der Waals surface area contributed by atoms with Crippen LogP contribution in [0.15, 0.2) is 0 Å². The van der Waals surface area contributed by atoms with Gasteiger partial charge < -0.3 is 0 Å². The van der Waals surface area contributed by atoms with Crippen LogP contribution in [0.5, 0.6) is 0 Å². The van der Waals surface area contributed by atoms with Crippen LogP contribution in [-0.4, -0.2) is 11.7 Å². The molecule has 0 heterocycles. The summed E-state index contributed by atoms with van der Waals surface area (Å²) in [5.41, 5.74) is 0. The summed E-state index contributed by atoms with van der Waals surface area (Å²) < 4.78 is 4.43. The van der Waals surface area contributed by atoms with Crippen molar-refractivity contribution in [2.24, 2.45) is 5.92 Å². The van der Waals surface area contributed by atoms with Crippen LogP contribution in [0.4, 0.5) is 0 Å². The molecule has 0 amide bonds. The third-order valence-corrected chi connectivity index (χ3v) is 9.87. The fraction of sp³-hybridized carbons (Fsp3) is 0.429. The molecule has 0 unspecified atom stereocenters. The van der Waals surface area contributed by atoms with E-state index in [0.29, 0.717) is 0 Å². The predicted molar refractivity (Wildman–Crippen MR) is 35.2 cm³/mol. The van der Waals surface area contributed by atoms with E-state index in [1.54, 1.807) is 75.0 Å². The Labute approximate surface area is 126 Å². The van der Waals surface area contributed by atoms with Crippen LogP contribution in [-0.2, 0) is 90.5 Å². The third-order valence-electron chi connectivity index (χ3n) is 1.00. The third kappa shape index (κ3) is 8.37. The van der Waals surface area contributed by atoms with Gasteiger partial charge in [0.2, 0.25) is 0 Å². The Kier molecular flexibility index (Phi) is 15.4. The van der Waals surface area contributed by atoms with Crippen LogP contribution in [0.2, 0.25) is 0 Å². The van der Waals surface area contributed by atoms with Crippen molar-refractivity contribution in [3.05, 3.63) is 6.92 Å². The summed E-state index contributed by atoms with van der Waals surface area (Å²) in [6.07, 6.45) is 0. The van der Waals surface area contributed by atoms with Gasteiger partial charge in [0.1, 0.15) is 0 Å². The topological polar surface area (TPSA) is 0 Å². The Balaban J connectivity index is 0. The van der Waals surface area contributed by atoms with Gasteiger partial charge in [-0.2, -0.15) is 0 Å². The van der Waals surface area contributed by atoms with Crippen molar-refractivity contribution in [1.82, 2.24) is 0 Å². The molecule has 68 valence electrons. The summed E-state index contributed by atoms with van der Waals surface area (Å²) in [5, 5.41) is 0. The zero-order chi connectivity index (χ0) is 10.3. The van der Waals surface area contributed by atoms with Crippen LogP contribution in [0, 0.1) is 12.8 Å². The van der Waals surface area contributed by atoms with Crippen molar-refractivity contribution >= 4 is 11.7 Å². The summed E-state index contributed by atoms with van der Waals surface area (Å²) in [6.45, 7) is 8.48. The molecule has 0 aromatic heterocycles. The first kappa shape index (κ1) is 17.4. The van der Waals surface area contributed by atoms with Crippen molar-refractivity contribution in [1.29, 1.82) is 0 Å². The monoisotopic (exact) mass is 1010 g/mol. The van der Waals surface area contributed by atoms with Crippen molar-refractivity contribution < 1.29 is 90.5 Å². The first-order chi connectivity index (χ1) is 5.46. The second kappa shape index (κ2) is 10.6. The molecule has 0 saturated heterocycles. The molecule has 0 bridgehead atoms. The molecule has 0 aromatic rings. The van der Waals surface area contributed by atoms with Gasteiger partial charge in [0.05, 0.1) is 0 Å². The quantitative estimate of drug-likeness (QED) is 0.365. The van der Waals surface area contributed by atoms with E-state index in [2.05, 4.69) is 20.8 Å². The summed E-state index contributed by atoms with van der Waals surface area (Å²) in [5.74, 6) is 0.721. The number of rotatable bonds is 3. The SMILES string of the molecule is [CH2-][C](=[W])[C](=[W])[C](=[W])C(C)C.[W]=[W]. The molecular formula is C7H9W5-. The fourth-order valence-corrected chi connectivity index (χ4v) is 3.09. The normalized spacial score (nSPS) is 8.33. The molecule has 0 rings (SSSR count). The molecule has 0 nitrogen and oxygen atoms in total. The van der Waals surface area contributed by atoms with E-state index in [0.717, 1.165) is 5.92 Å². The zero-order valence-electron chi connectivity index (χ0n) is 6.83. The summed E-state index contributed by atoms with van der Waals surface area (Å²) in [4.78, 5) is 0. The fourth-order valence-electron chi connectivity index (χ4n) is 0.400. The Morgan fingerprint density at radius 2 is 1.42 bits per heavy atom. The van der Waals surface area contributed by atoms with E-state index < -0.39 is 0 Å². The number of hydrogen-bond donors (Lipinski definition) is 0. The van der Waals surface area contributed by atoms with Crippen LogP contribution in [0.3, 0.4) is 0 Å². The average molecular weight is 1010 g/mol. The molecule has 0 aliphatic rings. The van der Waals surface area contributed by atoms with Gasteiger partial charge in [0, 0.05) is 0 Å². The molecule has 0 fully saturated rings. The Morgan fingerprint density at radius 3 is 1.50 bits per heavy atom. The second-order valence-corrected chi connectivity index (χ2v) is 7.09. The second-order valence-electron chi connectivity index (χ2n) is 2.27. The summed E-state index contributed by atoms with van der Waals surface area (Å²) >= 11 is 8.03. The first-order valence-electron chi connectivity index (χ1n) is 3.08. The van der Waals surface area contributed by atoms with E-state index in [4.69, 9.17) is 0 Å². The maximum atomic E-state index is 3.97. The van der Waals surface area contributed by atoms with Gasteiger partial charge in [-0.3, -0.25) is 0 Å². The van der Waals surface area contributed by atoms with Crippen LogP contribution in [0.1, 0.15) is 13.8 Å². The summed E-state index contributed by atoms with van der Waals surface area (Å²) in [7, 11) is 0. The molecule has 12 heavy (non-hydrogen) atoms. The van der Waals surface area contributed by atoms with Gasteiger partial charge in [-0.05, 0) is 0 Å². The van der Waals surface area contributed by atoms with Gasteiger partial charge in [0.25, 0.3) is 0 Å². The van der Waals surface area contributed by atoms with Crippen molar-refractivity contribution in [2.45, 2.75) is 13.8 Å². The van der Waals surface area contributed by atoms with Gasteiger partial charge in [-0.1, -0.05) is 0 Å². The van der Waals surface area contributed by atoms with Gasteiger partial charge >= 0.3 is 129 Å². The van der Waals surface area contributed by atoms with Crippen molar-refractivity contribution in [3.63, 3.8) is 0 Å². The molecule has 0 aromatic carbocycles. The van der Waals surface area contributed by atoms with Crippen molar-refractivity contribution in [3.8, 4) is 0 Å². The van der Waals surface area contributed by atoms with Crippen LogP contribution < -0.4 is 0 Å². The minimum absolute atomic E-state index is 0.721. The standard InChI is InChI=1S/C7H9.5W/c1-4-5-6-7(2)3;;;;;/h7H,1H2,2-3H3;;;;;/q-1;;;;;. The Hall–Kier alpha value is 3.05. The summed E-state index contributed by atoms with van der Waals surface area (Å²) in [6, 6.07) is 0. The molecule has 0 N–H and O–H groups in total. The zero-order valence-corrected chi connectivity index (χ0v) is 21.5. The molecular weight excluding hydrogens is 1000 g/mol. The van der Waals surface area contributed by atoms with E-state index >= 15 is 0 Å². The molecule has 5 heteroatoms. The van der Waals surface area contributed by atoms with Gasteiger partial charge in [-0.15, -0.1) is 0 Å². The van der Waals surface area contributed by atoms with E-state index in [1.165, 1.54) is 27.1 Å². The molecule has 0 atom stereocenters. The molecule has 0 radical (unpaired) electrons. The first-order valence-corrected chi connectivity index (χ1v) is 18.5. The van der Waals surface area contributed by atoms with E-state index in [1.807, 2.05) is 0 Å². The molecule has 0 aliphatic carbocycles. The van der Waals surface area contributed by atoms with Crippen molar-refractivity contribution in [2.75, 3.05) is 0 Å². The van der Waals surface area contributed by atoms with Crippen LogP contribution >= 0.6 is 0 Å². The average Bonchev–Trinajstić information content (AvgIpc) is 2.05. The molecule has 0 saturated carbocycles. The minimum atomic E-state index is 0.721. The predicted octanol–water partition coefficient (Wildman–Crippen LogP) is 0.629.